The predicted octanol–water partition coefficient (Wildman–Crippen LogP) is 3.36. The number of nitrogens with zero attached hydrogens (tertiary/aromatic N) is 1. The number of hydrogen-bond acceptors (Lipinski definition) is 3. The molecule has 1 N–H and O–H groups in total. The van der Waals surface area contributed by atoms with E-state index in [0.29, 0.717) is 0 Å². The SMILES string of the molecule is O=C(O)C=Cc1csc(CN2Cc3ccccc3C2)c1. The number of benzene rings is 1. The van der Waals surface area contributed by atoms with Crippen LogP contribution in [-0.4, -0.2) is 16.0 Å². The minimum absolute atomic E-state index is 0.909. The molecule has 20 heavy (non-hydrogen) atoms. The number of aliphatic carboxylic acids is 1. The Hall–Kier alpha value is -1.91. The third-order valence-electron chi connectivity index (χ3n) is 3.38. The molecule has 1 aliphatic heterocycles. The Morgan fingerprint density at radius 2 is 2.00 bits per heavy atom. The van der Waals surface area contributed by atoms with E-state index >= 15 is 0 Å². The molecule has 3 nitrogen and oxygen atoms in total. The van der Waals surface area contributed by atoms with Crippen LogP contribution in [0, 0.1) is 0 Å². The van der Waals surface area contributed by atoms with Gasteiger partial charge in [-0.15, -0.1) is 11.3 Å². The second-order valence-electron chi connectivity index (χ2n) is 4.93. The van der Waals surface area contributed by atoms with E-state index in [1.165, 1.54) is 22.1 Å². The fourth-order valence-electron chi connectivity index (χ4n) is 2.47. The Kier molecular flexibility index (Phi) is 3.67. The number of rotatable bonds is 4. The molecule has 0 bridgehead atoms. The molecule has 0 fully saturated rings. The van der Waals surface area contributed by atoms with Crippen molar-refractivity contribution < 1.29 is 9.90 Å². The highest BCUT2D eigenvalue weighted by Crippen LogP contribution is 2.26. The van der Waals surface area contributed by atoms with Crippen molar-refractivity contribution >= 4 is 23.4 Å². The van der Waals surface area contributed by atoms with Gasteiger partial charge in [-0.3, -0.25) is 4.90 Å². The summed E-state index contributed by atoms with van der Waals surface area (Å²) >= 11 is 1.68. The van der Waals surface area contributed by atoms with Crippen LogP contribution in [0.5, 0.6) is 0 Å². The van der Waals surface area contributed by atoms with Crippen molar-refractivity contribution in [3.63, 3.8) is 0 Å². The number of fused-ring (bicyclic) bond motifs is 1. The summed E-state index contributed by atoms with van der Waals surface area (Å²) in [7, 11) is 0. The first-order valence-electron chi connectivity index (χ1n) is 6.48. The number of thiophene rings is 1. The van der Waals surface area contributed by atoms with Gasteiger partial charge in [0.05, 0.1) is 0 Å². The Morgan fingerprint density at radius 1 is 1.30 bits per heavy atom. The van der Waals surface area contributed by atoms with Crippen molar-refractivity contribution in [3.05, 3.63) is 63.4 Å². The molecule has 2 aromatic rings. The van der Waals surface area contributed by atoms with E-state index in [1.807, 2.05) is 5.38 Å². The molecule has 0 amide bonds. The van der Waals surface area contributed by atoms with Crippen LogP contribution >= 0.6 is 11.3 Å². The van der Waals surface area contributed by atoms with Gasteiger partial charge in [-0.05, 0) is 34.2 Å². The molecule has 4 heteroatoms. The normalized spacial score (nSPS) is 14.8. The third kappa shape index (κ3) is 2.98. The van der Waals surface area contributed by atoms with Gasteiger partial charge in [0, 0.05) is 30.6 Å². The van der Waals surface area contributed by atoms with Crippen LogP contribution in [0.4, 0.5) is 0 Å². The van der Waals surface area contributed by atoms with Crippen molar-refractivity contribution in [1.29, 1.82) is 0 Å². The lowest BCUT2D eigenvalue weighted by Gasteiger charge is -2.12. The topological polar surface area (TPSA) is 40.5 Å². The summed E-state index contributed by atoms with van der Waals surface area (Å²) in [5.41, 5.74) is 3.79. The van der Waals surface area contributed by atoms with E-state index in [2.05, 4.69) is 35.2 Å². The Balaban J connectivity index is 1.64. The van der Waals surface area contributed by atoms with Crippen LogP contribution in [0.25, 0.3) is 6.08 Å². The van der Waals surface area contributed by atoms with Gasteiger partial charge in [-0.2, -0.15) is 0 Å². The lowest BCUT2D eigenvalue weighted by Crippen LogP contribution is -2.14. The number of carboxylic acids is 1. The van der Waals surface area contributed by atoms with Crippen LogP contribution in [-0.2, 0) is 24.4 Å². The Labute approximate surface area is 121 Å². The molecule has 102 valence electrons. The fourth-order valence-corrected chi connectivity index (χ4v) is 3.37. The molecule has 1 aromatic carbocycles. The molecule has 0 saturated carbocycles. The van der Waals surface area contributed by atoms with Crippen molar-refractivity contribution in [2.75, 3.05) is 0 Å². The third-order valence-corrected chi connectivity index (χ3v) is 4.32. The first kappa shape index (κ1) is 13.1. The minimum Gasteiger partial charge on any atom is -0.478 e. The highest BCUT2D eigenvalue weighted by atomic mass is 32.1. The second-order valence-corrected chi connectivity index (χ2v) is 5.93. The van der Waals surface area contributed by atoms with Gasteiger partial charge in [0.25, 0.3) is 0 Å². The molecule has 1 aliphatic rings. The van der Waals surface area contributed by atoms with Gasteiger partial charge in [-0.25, -0.2) is 4.79 Å². The van der Waals surface area contributed by atoms with Crippen LogP contribution in [0.3, 0.4) is 0 Å². The second kappa shape index (κ2) is 5.61. The van der Waals surface area contributed by atoms with E-state index in [0.717, 1.165) is 25.2 Å². The van der Waals surface area contributed by atoms with Crippen molar-refractivity contribution in [1.82, 2.24) is 4.90 Å². The largest absolute Gasteiger partial charge is 0.478 e. The molecule has 0 spiro atoms. The van der Waals surface area contributed by atoms with Gasteiger partial charge in [-0.1, -0.05) is 24.3 Å². The summed E-state index contributed by atoms with van der Waals surface area (Å²) in [6.07, 6.45) is 2.82. The van der Waals surface area contributed by atoms with Crippen LogP contribution in [0.15, 0.2) is 41.8 Å². The lowest BCUT2D eigenvalue weighted by atomic mass is 10.1. The molecular weight excluding hydrogens is 270 g/mol. The van der Waals surface area contributed by atoms with Gasteiger partial charge >= 0.3 is 5.97 Å². The quantitative estimate of drug-likeness (QED) is 0.876. The maximum absolute atomic E-state index is 10.5. The molecule has 1 aromatic heterocycles. The zero-order valence-corrected chi connectivity index (χ0v) is 11.8. The minimum atomic E-state index is -0.909. The Bertz CT molecular complexity index is 635. The molecule has 3 rings (SSSR count). The maximum Gasteiger partial charge on any atom is 0.328 e. The molecule has 0 radical (unpaired) electrons. The molecule has 0 atom stereocenters. The van der Waals surface area contributed by atoms with Gasteiger partial charge in [0.1, 0.15) is 0 Å². The molecule has 0 saturated heterocycles. The molecule has 2 heterocycles. The maximum atomic E-state index is 10.5. The predicted molar refractivity (Wildman–Crippen MR) is 80.4 cm³/mol. The van der Waals surface area contributed by atoms with E-state index < -0.39 is 5.97 Å². The molecule has 0 unspecified atom stereocenters. The lowest BCUT2D eigenvalue weighted by molar-refractivity contribution is -0.131. The van der Waals surface area contributed by atoms with Crippen molar-refractivity contribution in [3.8, 4) is 0 Å². The van der Waals surface area contributed by atoms with E-state index in [4.69, 9.17) is 5.11 Å². The average Bonchev–Trinajstić information content (AvgIpc) is 3.02. The molecule has 0 aliphatic carbocycles. The number of carbonyl (C=O) groups is 1. The summed E-state index contributed by atoms with van der Waals surface area (Å²) in [6, 6.07) is 10.6. The summed E-state index contributed by atoms with van der Waals surface area (Å²) in [4.78, 5) is 14.2. The standard InChI is InChI=1S/C16H15NO2S/c18-16(19)6-5-12-7-15(20-11-12)10-17-8-13-3-1-2-4-14(13)9-17/h1-7,11H,8-10H2,(H,18,19). The van der Waals surface area contributed by atoms with Gasteiger partial charge in [0.2, 0.25) is 0 Å². The summed E-state index contributed by atoms with van der Waals surface area (Å²) < 4.78 is 0. The monoisotopic (exact) mass is 285 g/mol. The summed E-state index contributed by atoms with van der Waals surface area (Å²) in [5.74, 6) is -0.909. The zero-order chi connectivity index (χ0) is 13.9. The Morgan fingerprint density at radius 3 is 2.65 bits per heavy atom. The smallest absolute Gasteiger partial charge is 0.328 e. The summed E-state index contributed by atoms with van der Waals surface area (Å²) in [6.45, 7) is 2.91. The van der Waals surface area contributed by atoms with E-state index in [-0.39, 0.29) is 0 Å². The van der Waals surface area contributed by atoms with Gasteiger partial charge < -0.3 is 5.11 Å². The van der Waals surface area contributed by atoms with E-state index in [1.54, 1.807) is 17.4 Å². The highest BCUT2D eigenvalue weighted by Gasteiger charge is 2.18. The first-order chi connectivity index (χ1) is 9.70. The van der Waals surface area contributed by atoms with Crippen molar-refractivity contribution in [2.45, 2.75) is 19.6 Å². The number of carboxylic acid groups (broad SMARTS) is 1. The zero-order valence-electron chi connectivity index (χ0n) is 11.0. The summed E-state index contributed by atoms with van der Waals surface area (Å²) in [5, 5.41) is 10.6. The van der Waals surface area contributed by atoms with E-state index in [9.17, 15) is 4.79 Å². The molecular formula is C16H15NO2S. The van der Waals surface area contributed by atoms with Crippen molar-refractivity contribution in [2.24, 2.45) is 0 Å². The van der Waals surface area contributed by atoms with Crippen LogP contribution in [0.1, 0.15) is 21.6 Å². The first-order valence-corrected chi connectivity index (χ1v) is 7.36. The average molecular weight is 285 g/mol. The fraction of sp³-hybridized carbons (Fsp3) is 0.188. The van der Waals surface area contributed by atoms with Gasteiger partial charge in [0.15, 0.2) is 0 Å². The number of hydrogen-bond donors (Lipinski definition) is 1. The highest BCUT2D eigenvalue weighted by molar-refractivity contribution is 7.10. The van der Waals surface area contributed by atoms with Crippen LogP contribution in [0.2, 0.25) is 0 Å². The van der Waals surface area contributed by atoms with Crippen LogP contribution < -0.4 is 0 Å².